The number of carbonyl (C=O) groups excluding carboxylic acids is 1. The van der Waals surface area contributed by atoms with E-state index in [1.54, 1.807) is 30.2 Å². The summed E-state index contributed by atoms with van der Waals surface area (Å²) >= 11 is 1.60. The lowest BCUT2D eigenvalue weighted by atomic mass is 9.87. The van der Waals surface area contributed by atoms with Crippen molar-refractivity contribution in [3.8, 4) is 0 Å². The van der Waals surface area contributed by atoms with Crippen molar-refractivity contribution in [1.82, 2.24) is 10.1 Å². The molecule has 27 heavy (non-hydrogen) atoms. The number of rotatable bonds is 6. The summed E-state index contributed by atoms with van der Waals surface area (Å²) in [5.41, 5.74) is 1.41. The van der Waals surface area contributed by atoms with Gasteiger partial charge in [0.2, 0.25) is 5.88 Å². The lowest BCUT2D eigenvalue weighted by Gasteiger charge is -2.18. The fourth-order valence-corrected chi connectivity index (χ4v) is 3.15. The van der Waals surface area contributed by atoms with Gasteiger partial charge in [0.25, 0.3) is 0 Å². The van der Waals surface area contributed by atoms with Gasteiger partial charge < -0.3 is 9.84 Å². The first-order chi connectivity index (χ1) is 13.0. The Balaban J connectivity index is 1.62. The highest BCUT2D eigenvalue weighted by Gasteiger charge is 2.23. The maximum atomic E-state index is 12.3. The molecule has 6 nitrogen and oxygen atoms in total. The minimum Gasteiger partial charge on any atom is -0.338 e. The molecule has 0 spiro atoms. The van der Waals surface area contributed by atoms with Crippen LogP contribution in [0.4, 0.5) is 16.4 Å². The third-order valence-electron chi connectivity index (χ3n) is 4.30. The van der Waals surface area contributed by atoms with Crippen LogP contribution in [0.2, 0.25) is 0 Å². The molecule has 2 N–H and O–H groups in total. The molecule has 1 aromatic carbocycles. The van der Waals surface area contributed by atoms with Crippen molar-refractivity contribution < 1.29 is 9.32 Å². The normalized spacial score (nSPS) is 11.2. The highest BCUT2D eigenvalue weighted by Crippen LogP contribution is 2.29. The van der Waals surface area contributed by atoms with Gasteiger partial charge in [0.15, 0.2) is 0 Å². The number of carbonyl (C=O) groups is 1. The van der Waals surface area contributed by atoms with E-state index in [1.165, 1.54) is 0 Å². The van der Waals surface area contributed by atoms with E-state index in [2.05, 4.69) is 41.5 Å². The van der Waals surface area contributed by atoms with Crippen LogP contribution in [0.3, 0.4) is 0 Å². The third-order valence-corrected chi connectivity index (χ3v) is 5.30. The van der Waals surface area contributed by atoms with E-state index in [0.29, 0.717) is 11.6 Å². The zero-order chi connectivity index (χ0) is 19.3. The van der Waals surface area contributed by atoms with E-state index < -0.39 is 0 Å². The fourth-order valence-electron chi connectivity index (χ4n) is 2.29. The van der Waals surface area contributed by atoms with Crippen LogP contribution in [0.1, 0.15) is 32.9 Å². The summed E-state index contributed by atoms with van der Waals surface area (Å²) in [5.74, 6) is 0.325. The van der Waals surface area contributed by atoms with Crippen LogP contribution in [0, 0.1) is 0 Å². The highest BCUT2D eigenvalue weighted by atomic mass is 32.2. The number of amides is 2. The van der Waals surface area contributed by atoms with Crippen LogP contribution in [-0.4, -0.2) is 16.2 Å². The molecule has 0 saturated heterocycles. The molecule has 0 aliphatic rings. The summed E-state index contributed by atoms with van der Waals surface area (Å²) in [4.78, 5) is 18.4. The van der Waals surface area contributed by atoms with Crippen molar-refractivity contribution in [3.63, 3.8) is 0 Å². The van der Waals surface area contributed by atoms with Crippen LogP contribution in [0.15, 0.2) is 69.2 Å². The van der Waals surface area contributed by atoms with Crippen molar-refractivity contribution in [2.45, 2.75) is 42.4 Å². The van der Waals surface area contributed by atoms with Crippen LogP contribution in [0.25, 0.3) is 0 Å². The Morgan fingerprint density at radius 3 is 2.63 bits per heavy atom. The van der Waals surface area contributed by atoms with Gasteiger partial charge in [0.05, 0.1) is 5.69 Å². The number of nitrogens with one attached hydrogen (secondary N) is 2. The average molecular weight is 382 g/mol. The van der Waals surface area contributed by atoms with E-state index in [0.717, 1.165) is 21.9 Å². The van der Waals surface area contributed by atoms with Gasteiger partial charge >= 0.3 is 6.03 Å². The molecular formula is C20H22N4O2S. The van der Waals surface area contributed by atoms with Crippen LogP contribution < -0.4 is 10.6 Å². The number of nitrogens with zero attached hydrogens (tertiary/aromatic N) is 2. The van der Waals surface area contributed by atoms with Crippen molar-refractivity contribution in [2.75, 3.05) is 10.6 Å². The Bertz CT molecular complexity index is 909. The second-order valence-corrected chi connectivity index (χ2v) is 7.85. The van der Waals surface area contributed by atoms with Gasteiger partial charge in [0.1, 0.15) is 0 Å². The average Bonchev–Trinajstić information content (AvgIpc) is 3.12. The second-order valence-electron chi connectivity index (χ2n) is 6.71. The molecule has 7 heteroatoms. The first kappa shape index (κ1) is 19.0. The lowest BCUT2D eigenvalue weighted by molar-refractivity contribution is 0.261. The maximum Gasteiger partial charge on any atom is 0.326 e. The van der Waals surface area contributed by atoms with E-state index in [9.17, 15) is 4.79 Å². The maximum absolute atomic E-state index is 12.3. The third kappa shape index (κ3) is 5.10. The molecule has 0 aliphatic heterocycles. The Kier molecular flexibility index (Phi) is 5.81. The molecule has 0 atom stereocenters. The summed E-state index contributed by atoms with van der Waals surface area (Å²) in [6.45, 7) is 6.26. The molecule has 0 radical (unpaired) electrons. The summed E-state index contributed by atoms with van der Waals surface area (Å²) in [6, 6.07) is 12.9. The number of hydrogen-bond acceptors (Lipinski definition) is 5. The smallest absolute Gasteiger partial charge is 0.326 e. The Labute approximate surface area is 162 Å². The number of urea groups is 1. The molecule has 2 amide bonds. The summed E-state index contributed by atoms with van der Waals surface area (Å²) < 4.78 is 5.23. The molecule has 0 unspecified atom stereocenters. The minimum absolute atomic E-state index is 0.0988. The van der Waals surface area contributed by atoms with Gasteiger partial charge in [-0.15, -0.1) is 0 Å². The van der Waals surface area contributed by atoms with Crippen LogP contribution >= 0.6 is 11.8 Å². The number of pyridine rings is 1. The van der Waals surface area contributed by atoms with Crippen molar-refractivity contribution in [3.05, 3.63) is 60.6 Å². The van der Waals surface area contributed by atoms with Crippen LogP contribution in [0.5, 0.6) is 0 Å². The lowest BCUT2D eigenvalue weighted by Crippen LogP contribution is -2.19. The summed E-state index contributed by atoms with van der Waals surface area (Å²) in [7, 11) is 0. The fraction of sp³-hybridized carbons (Fsp3) is 0.250. The molecule has 140 valence electrons. The molecule has 0 fully saturated rings. The molecule has 0 bridgehead atoms. The number of anilines is 2. The van der Waals surface area contributed by atoms with Gasteiger partial charge in [-0.05, 0) is 36.8 Å². The highest BCUT2D eigenvalue weighted by molar-refractivity contribution is 7.99. The quantitative estimate of drug-likeness (QED) is 0.584. The minimum atomic E-state index is -0.377. The number of aromatic nitrogens is 2. The summed E-state index contributed by atoms with van der Waals surface area (Å²) in [6.07, 6.45) is 4.43. The van der Waals surface area contributed by atoms with Crippen molar-refractivity contribution in [2.24, 2.45) is 0 Å². The van der Waals surface area contributed by atoms with Gasteiger partial charge in [0, 0.05) is 39.4 Å². The monoisotopic (exact) mass is 382 g/mol. The molecule has 0 aliphatic carbocycles. The van der Waals surface area contributed by atoms with E-state index in [4.69, 9.17) is 4.52 Å². The Morgan fingerprint density at radius 1 is 1.11 bits per heavy atom. The van der Waals surface area contributed by atoms with Crippen molar-refractivity contribution in [1.29, 1.82) is 0 Å². The largest absolute Gasteiger partial charge is 0.338 e. The standard InChI is InChI=1S/C20H22N4O2S/c1-4-20(2,3)17-13-18(26-24-17)23-19(25)22-14-6-5-7-16(12-14)27-15-8-10-21-11-9-15/h5-13H,4H2,1-3H3,(H2,22,23,25). The Hall–Kier alpha value is -2.80. The zero-order valence-electron chi connectivity index (χ0n) is 15.5. The molecule has 3 aromatic rings. The van der Waals surface area contributed by atoms with E-state index in [1.807, 2.05) is 36.4 Å². The molecular weight excluding hydrogens is 360 g/mol. The first-order valence-corrected chi connectivity index (χ1v) is 9.51. The number of hydrogen-bond donors (Lipinski definition) is 2. The molecule has 0 saturated carbocycles. The second kappa shape index (κ2) is 8.26. The SMILES string of the molecule is CCC(C)(C)c1cc(NC(=O)Nc2cccc(Sc3ccncc3)c2)on1. The predicted molar refractivity (Wildman–Crippen MR) is 107 cm³/mol. The first-order valence-electron chi connectivity index (χ1n) is 8.69. The summed E-state index contributed by atoms with van der Waals surface area (Å²) in [5, 5.41) is 9.55. The van der Waals surface area contributed by atoms with E-state index in [-0.39, 0.29) is 11.4 Å². The predicted octanol–water partition coefficient (Wildman–Crippen LogP) is 5.55. The van der Waals surface area contributed by atoms with Gasteiger partial charge in [-0.2, -0.15) is 0 Å². The van der Waals surface area contributed by atoms with Crippen LogP contribution in [-0.2, 0) is 5.41 Å². The molecule has 2 heterocycles. The Morgan fingerprint density at radius 2 is 1.89 bits per heavy atom. The zero-order valence-corrected chi connectivity index (χ0v) is 16.3. The number of benzene rings is 1. The molecule has 2 aromatic heterocycles. The molecule has 3 rings (SSSR count). The topological polar surface area (TPSA) is 80.0 Å². The van der Waals surface area contributed by atoms with Crippen molar-refractivity contribution >= 4 is 29.4 Å². The van der Waals surface area contributed by atoms with E-state index >= 15 is 0 Å². The van der Waals surface area contributed by atoms with Gasteiger partial charge in [-0.25, -0.2) is 4.79 Å². The van der Waals surface area contributed by atoms with Gasteiger partial charge in [-0.3, -0.25) is 10.3 Å². The van der Waals surface area contributed by atoms with Gasteiger partial charge in [-0.1, -0.05) is 43.8 Å².